The van der Waals surface area contributed by atoms with E-state index in [1.165, 1.54) is 0 Å². The van der Waals surface area contributed by atoms with Gasteiger partial charge in [0.1, 0.15) is 11.6 Å². The van der Waals surface area contributed by atoms with Crippen molar-refractivity contribution in [2.75, 3.05) is 35.6 Å². The minimum Gasteiger partial charge on any atom is -0.475 e. The molecule has 26 heavy (non-hydrogen) atoms. The Morgan fingerprint density at radius 2 is 1.96 bits per heavy atom. The SMILES string of the molecule is NC(=O)[C@@H]1CCN(c2nc(N)nc3c2CCCN3)C1.O=C(O)C(F)(F)F. The van der Waals surface area contributed by atoms with Gasteiger partial charge in [-0.25, -0.2) is 4.79 Å². The number of anilines is 3. The highest BCUT2D eigenvalue weighted by Crippen LogP contribution is 2.32. The quantitative estimate of drug-likeness (QED) is 0.578. The number of nitrogens with one attached hydrogen (secondary N) is 1. The van der Waals surface area contributed by atoms with Crippen molar-refractivity contribution in [3.63, 3.8) is 0 Å². The summed E-state index contributed by atoms with van der Waals surface area (Å²) >= 11 is 0. The molecular weight excluding hydrogens is 357 g/mol. The van der Waals surface area contributed by atoms with Crippen molar-refractivity contribution >= 4 is 29.5 Å². The molecule has 6 N–H and O–H groups in total. The van der Waals surface area contributed by atoms with E-state index in [-0.39, 0.29) is 17.8 Å². The first-order chi connectivity index (χ1) is 12.1. The fourth-order valence-electron chi connectivity index (χ4n) is 2.78. The van der Waals surface area contributed by atoms with Crippen LogP contribution in [0.25, 0.3) is 0 Å². The number of nitrogen functional groups attached to an aromatic ring is 1. The van der Waals surface area contributed by atoms with Crippen LogP contribution in [0.4, 0.5) is 30.8 Å². The van der Waals surface area contributed by atoms with E-state index in [2.05, 4.69) is 20.2 Å². The summed E-state index contributed by atoms with van der Waals surface area (Å²) in [5.74, 6) is -1.13. The van der Waals surface area contributed by atoms with Gasteiger partial charge in [0.05, 0.1) is 5.92 Å². The van der Waals surface area contributed by atoms with Crippen molar-refractivity contribution in [3.8, 4) is 0 Å². The van der Waals surface area contributed by atoms with Crippen LogP contribution in [0.5, 0.6) is 0 Å². The second-order valence-electron chi connectivity index (χ2n) is 5.90. The van der Waals surface area contributed by atoms with Gasteiger partial charge in [0.25, 0.3) is 0 Å². The third-order valence-corrected chi connectivity index (χ3v) is 4.03. The highest BCUT2D eigenvalue weighted by Gasteiger charge is 2.38. The lowest BCUT2D eigenvalue weighted by Gasteiger charge is -2.25. The summed E-state index contributed by atoms with van der Waals surface area (Å²) in [7, 11) is 0. The molecule has 9 nitrogen and oxygen atoms in total. The summed E-state index contributed by atoms with van der Waals surface area (Å²) < 4.78 is 31.7. The smallest absolute Gasteiger partial charge is 0.475 e. The first-order valence-electron chi connectivity index (χ1n) is 7.84. The fourth-order valence-corrected chi connectivity index (χ4v) is 2.78. The Kier molecular flexibility index (Phi) is 5.73. The average molecular weight is 376 g/mol. The van der Waals surface area contributed by atoms with Crippen LogP contribution in [-0.2, 0) is 16.0 Å². The van der Waals surface area contributed by atoms with E-state index in [0.717, 1.165) is 49.6 Å². The number of alkyl halides is 3. The molecule has 0 bridgehead atoms. The molecule has 1 saturated heterocycles. The lowest BCUT2D eigenvalue weighted by atomic mass is 10.1. The van der Waals surface area contributed by atoms with E-state index >= 15 is 0 Å². The zero-order chi connectivity index (χ0) is 19.5. The number of nitrogens with two attached hydrogens (primary N) is 2. The van der Waals surface area contributed by atoms with Crippen LogP contribution in [0.1, 0.15) is 18.4 Å². The molecular formula is C14H19F3N6O3. The van der Waals surface area contributed by atoms with Crippen molar-refractivity contribution in [1.29, 1.82) is 0 Å². The number of nitrogens with zero attached hydrogens (tertiary/aromatic N) is 3. The number of hydrogen-bond acceptors (Lipinski definition) is 7. The Labute approximate surface area is 146 Å². The molecule has 2 aliphatic rings. The topological polar surface area (TPSA) is 147 Å². The molecule has 0 spiro atoms. The number of aromatic nitrogens is 2. The Bertz CT molecular complexity index is 697. The molecule has 12 heteroatoms. The molecule has 0 aromatic carbocycles. The third kappa shape index (κ3) is 4.64. The zero-order valence-corrected chi connectivity index (χ0v) is 13.7. The minimum atomic E-state index is -5.08. The number of carbonyl (C=O) groups excluding carboxylic acids is 1. The second kappa shape index (κ2) is 7.62. The van der Waals surface area contributed by atoms with Gasteiger partial charge in [0, 0.05) is 25.2 Å². The zero-order valence-electron chi connectivity index (χ0n) is 13.7. The maximum absolute atomic E-state index is 11.3. The number of hydrogen-bond donors (Lipinski definition) is 4. The largest absolute Gasteiger partial charge is 0.490 e. The highest BCUT2D eigenvalue weighted by atomic mass is 19.4. The number of halogens is 3. The number of primary amides is 1. The number of amides is 1. The van der Waals surface area contributed by atoms with Crippen LogP contribution in [0.2, 0.25) is 0 Å². The van der Waals surface area contributed by atoms with Crippen LogP contribution >= 0.6 is 0 Å². The van der Waals surface area contributed by atoms with Crippen LogP contribution in [0, 0.1) is 5.92 Å². The molecule has 1 aromatic heterocycles. The number of carboxylic acids is 1. The first-order valence-corrected chi connectivity index (χ1v) is 7.84. The minimum absolute atomic E-state index is 0.0941. The van der Waals surface area contributed by atoms with Gasteiger partial charge in [-0.3, -0.25) is 4.79 Å². The summed E-state index contributed by atoms with van der Waals surface area (Å²) in [6, 6.07) is 0. The molecule has 1 amide bonds. The van der Waals surface area contributed by atoms with Gasteiger partial charge < -0.3 is 26.8 Å². The summed E-state index contributed by atoms with van der Waals surface area (Å²) in [4.78, 5) is 30.9. The first kappa shape index (κ1) is 19.5. The van der Waals surface area contributed by atoms with E-state index in [4.69, 9.17) is 21.4 Å². The van der Waals surface area contributed by atoms with E-state index < -0.39 is 12.1 Å². The molecule has 1 atom stereocenters. The third-order valence-electron chi connectivity index (χ3n) is 4.03. The van der Waals surface area contributed by atoms with Gasteiger partial charge in [0.15, 0.2) is 0 Å². The maximum Gasteiger partial charge on any atom is 0.490 e. The number of carbonyl (C=O) groups is 2. The van der Waals surface area contributed by atoms with E-state index in [1.807, 2.05) is 0 Å². The number of carboxylic acid groups (broad SMARTS) is 1. The van der Waals surface area contributed by atoms with Crippen molar-refractivity contribution in [2.24, 2.45) is 11.7 Å². The standard InChI is InChI=1S/C12H18N6O.C2HF3O2/c13-9(19)7-3-5-18(6-7)11-8-2-1-4-15-10(8)16-12(14)17-11;3-2(4,5)1(6)7/h7H,1-6H2,(H2,13,19)(H3,14,15,16,17);(H,6,7)/t7-;/m1./s1. The average Bonchev–Trinajstić information content (AvgIpc) is 3.03. The van der Waals surface area contributed by atoms with Gasteiger partial charge >= 0.3 is 12.1 Å². The molecule has 0 saturated carbocycles. The highest BCUT2D eigenvalue weighted by molar-refractivity contribution is 5.78. The second-order valence-corrected chi connectivity index (χ2v) is 5.90. The predicted octanol–water partition coefficient (Wildman–Crippen LogP) is 0.362. The molecule has 0 aliphatic carbocycles. The lowest BCUT2D eigenvalue weighted by Crippen LogP contribution is -2.29. The van der Waals surface area contributed by atoms with Crippen molar-refractivity contribution < 1.29 is 27.9 Å². The summed E-state index contributed by atoms with van der Waals surface area (Å²) in [5.41, 5.74) is 12.2. The predicted molar refractivity (Wildman–Crippen MR) is 86.5 cm³/mol. The molecule has 2 aliphatic heterocycles. The normalized spacial score (nSPS) is 19.0. The van der Waals surface area contributed by atoms with Crippen molar-refractivity contribution in [1.82, 2.24) is 9.97 Å². The van der Waals surface area contributed by atoms with Crippen LogP contribution in [0.3, 0.4) is 0 Å². The molecule has 3 heterocycles. The summed E-state index contributed by atoms with van der Waals surface area (Å²) in [6.07, 6.45) is -2.31. The van der Waals surface area contributed by atoms with E-state index in [1.54, 1.807) is 0 Å². The molecule has 0 radical (unpaired) electrons. The molecule has 3 rings (SSSR count). The Hall–Kier alpha value is -2.79. The fraction of sp³-hybridized carbons (Fsp3) is 0.571. The van der Waals surface area contributed by atoms with Gasteiger partial charge in [-0.2, -0.15) is 23.1 Å². The number of rotatable bonds is 2. The van der Waals surface area contributed by atoms with Crippen LogP contribution in [-0.4, -0.2) is 52.8 Å². The maximum atomic E-state index is 11.3. The Morgan fingerprint density at radius 3 is 2.50 bits per heavy atom. The van der Waals surface area contributed by atoms with Gasteiger partial charge in [0.2, 0.25) is 11.9 Å². The van der Waals surface area contributed by atoms with Crippen LogP contribution < -0.4 is 21.7 Å². The Balaban J connectivity index is 0.000000298. The van der Waals surface area contributed by atoms with Gasteiger partial charge in [-0.1, -0.05) is 0 Å². The molecule has 1 aromatic rings. The van der Waals surface area contributed by atoms with Crippen molar-refractivity contribution in [2.45, 2.75) is 25.4 Å². The number of aliphatic carboxylic acids is 1. The van der Waals surface area contributed by atoms with E-state index in [0.29, 0.717) is 6.54 Å². The summed E-state index contributed by atoms with van der Waals surface area (Å²) in [6.45, 7) is 2.32. The van der Waals surface area contributed by atoms with E-state index in [9.17, 15) is 18.0 Å². The number of fused-ring (bicyclic) bond motifs is 1. The molecule has 144 valence electrons. The molecule has 1 fully saturated rings. The monoisotopic (exact) mass is 376 g/mol. The Morgan fingerprint density at radius 1 is 1.31 bits per heavy atom. The van der Waals surface area contributed by atoms with Gasteiger partial charge in [-0.05, 0) is 19.3 Å². The molecule has 0 unspecified atom stereocenters. The van der Waals surface area contributed by atoms with Crippen LogP contribution in [0.15, 0.2) is 0 Å². The van der Waals surface area contributed by atoms with Gasteiger partial charge in [-0.15, -0.1) is 0 Å². The van der Waals surface area contributed by atoms with Crippen molar-refractivity contribution in [3.05, 3.63) is 5.56 Å². The lowest BCUT2D eigenvalue weighted by molar-refractivity contribution is -0.192. The summed E-state index contributed by atoms with van der Waals surface area (Å²) in [5, 5.41) is 10.4.